The van der Waals surface area contributed by atoms with E-state index in [0.717, 1.165) is 19.6 Å². The number of esters is 4. The fraction of sp³-hybridized carbons (Fsp3) is 0.368. The number of halogens is 7. The Kier molecular flexibility index (Phi) is 23.0. The van der Waals surface area contributed by atoms with Crippen LogP contribution in [0.3, 0.4) is 0 Å². The number of carbonyl (C=O) groups excluding carboxylic acids is 12. The number of hydrogen-bond donors (Lipinski definition) is 0. The summed E-state index contributed by atoms with van der Waals surface area (Å²) in [5, 5.41) is 0. The highest BCUT2D eigenvalue weighted by Gasteiger charge is 2.49. The van der Waals surface area contributed by atoms with Gasteiger partial charge in [0.2, 0.25) is 51.0 Å². The molecule has 4 aliphatic heterocycles. The highest BCUT2D eigenvalue weighted by molar-refractivity contribution is 6.67. The maximum Gasteiger partial charge on any atom is 0.319 e. The lowest BCUT2D eigenvalue weighted by molar-refractivity contribution is -0.164. The number of nitrogens with zero attached hydrogens (tertiary/aromatic N) is 4. The van der Waals surface area contributed by atoms with Crippen LogP contribution in [0.5, 0.6) is 0 Å². The average molecular weight is 1230 g/mol. The van der Waals surface area contributed by atoms with Crippen LogP contribution in [0.2, 0.25) is 0 Å². The van der Waals surface area contributed by atoms with Crippen LogP contribution in [-0.4, -0.2) is 151 Å². The Morgan fingerprint density at radius 3 is 0.762 bits per heavy atom. The number of hydrogen-bond acceptors (Lipinski definition) is 16. The van der Waals surface area contributed by atoms with Crippen molar-refractivity contribution >= 4 is 106 Å². The predicted molar refractivity (Wildman–Crippen MR) is 287 cm³/mol. The number of alkyl halides is 3. The summed E-state index contributed by atoms with van der Waals surface area (Å²) >= 11 is 16.6. The van der Waals surface area contributed by atoms with E-state index in [2.05, 4.69) is 14.2 Å². The summed E-state index contributed by atoms with van der Waals surface area (Å²) in [7, 11) is 8.85. The minimum absolute atomic E-state index is 0.00758. The molecule has 4 heterocycles. The molecule has 84 heavy (non-hydrogen) atoms. The van der Waals surface area contributed by atoms with Crippen LogP contribution < -0.4 is 0 Å². The Morgan fingerprint density at radius 1 is 0.393 bits per heavy atom. The van der Waals surface area contributed by atoms with Crippen molar-refractivity contribution in [1.29, 1.82) is 0 Å². The van der Waals surface area contributed by atoms with E-state index in [-0.39, 0.29) is 43.4 Å². The molecule has 4 fully saturated rings. The van der Waals surface area contributed by atoms with E-state index in [1.54, 1.807) is 0 Å². The summed E-state index contributed by atoms with van der Waals surface area (Å²) in [5.74, 6) is -15.9. The second kappa shape index (κ2) is 28.9. The molecular formula is C57H55Cl3F4N4O16. The van der Waals surface area contributed by atoms with Gasteiger partial charge in [-0.05, 0) is 70.8 Å². The topological polar surface area (TPSA) is 255 Å². The first-order chi connectivity index (χ1) is 39.5. The second-order valence-electron chi connectivity index (χ2n) is 19.3. The van der Waals surface area contributed by atoms with Crippen LogP contribution >= 0.6 is 34.8 Å². The Balaban J connectivity index is 0.000000205. The normalized spacial score (nSPS) is 22.5. The number of likely N-dealkylation sites (tertiary alicyclic amines) is 4. The number of imide groups is 4. The lowest BCUT2D eigenvalue weighted by Gasteiger charge is -2.33. The maximum atomic E-state index is 13.1. The van der Waals surface area contributed by atoms with Gasteiger partial charge in [0.1, 0.15) is 53.5 Å². The maximum absolute atomic E-state index is 13.1. The van der Waals surface area contributed by atoms with E-state index in [1.165, 1.54) is 147 Å². The van der Waals surface area contributed by atoms with Gasteiger partial charge in [-0.1, -0.05) is 83.3 Å². The van der Waals surface area contributed by atoms with Crippen molar-refractivity contribution in [2.45, 2.75) is 53.1 Å². The van der Waals surface area contributed by atoms with Gasteiger partial charge < -0.3 is 18.9 Å². The Bertz CT molecular complexity index is 2930. The van der Waals surface area contributed by atoms with Crippen LogP contribution in [0.25, 0.3) is 0 Å². The van der Waals surface area contributed by atoms with E-state index >= 15 is 0 Å². The Morgan fingerprint density at radius 2 is 0.583 bits per heavy atom. The van der Waals surface area contributed by atoms with E-state index in [9.17, 15) is 75.1 Å². The van der Waals surface area contributed by atoms with Crippen molar-refractivity contribution in [2.75, 3.05) is 56.1 Å². The van der Waals surface area contributed by atoms with Gasteiger partial charge in [-0.25, -0.2) is 17.6 Å². The van der Waals surface area contributed by atoms with Crippen molar-refractivity contribution in [1.82, 2.24) is 19.6 Å². The monoisotopic (exact) mass is 1230 g/mol. The van der Waals surface area contributed by atoms with E-state index in [0.29, 0.717) is 22.3 Å². The highest BCUT2D eigenvalue weighted by atomic mass is 35.6. The number of benzene rings is 4. The summed E-state index contributed by atoms with van der Waals surface area (Å²) < 4.78 is 69.0. The van der Waals surface area contributed by atoms with Crippen LogP contribution in [0.1, 0.15) is 71.6 Å². The second-order valence-corrected chi connectivity index (χ2v) is 21.8. The summed E-state index contributed by atoms with van der Waals surface area (Å²) in [6.07, 6.45) is -0.0731. The Hall–Kier alpha value is -8.09. The van der Waals surface area contributed by atoms with E-state index in [1.807, 2.05) is 0 Å². The third kappa shape index (κ3) is 16.2. The SMILES string of the molecule is CN1C(=O)CC(c2ccc(F)cc2)C(C(=O)OCC(Cl)(Cl)Cl)C1=O.COC(=O)C1C(=O)N(C)C(=O)CC1c1ccc(F)cc1.COC(=O)C1C(=O)N(C)C(=O)CC1c1ccc(F)cc1.COC(=O)C1C(=O)N(C)C(=O)CC1c1ccc(F)cc1. The van der Waals surface area contributed by atoms with Gasteiger partial charge in [-0.3, -0.25) is 77.1 Å². The van der Waals surface area contributed by atoms with Crippen molar-refractivity contribution in [2.24, 2.45) is 23.7 Å². The van der Waals surface area contributed by atoms with Crippen molar-refractivity contribution in [3.05, 3.63) is 143 Å². The first-order valence-corrected chi connectivity index (χ1v) is 26.3. The number of ether oxygens (including phenoxy) is 4. The largest absolute Gasteiger partial charge is 0.468 e. The van der Waals surface area contributed by atoms with E-state index in [4.69, 9.17) is 39.5 Å². The van der Waals surface area contributed by atoms with Gasteiger partial charge in [0.05, 0.1) is 21.3 Å². The molecule has 4 aliphatic rings. The minimum Gasteiger partial charge on any atom is -0.468 e. The summed E-state index contributed by atoms with van der Waals surface area (Å²) in [6, 6.07) is 21.5. The van der Waals surface area contributed by atoms with E-state index < -0.39 is 134 Å². The molecule has 4 aromatic carbocycles. The molecule has 27 heteroatoms. The van der Waals surface area contributed by atoms with Crippen LogP contribution in [0.15, 0.2) is 97.1 Å². The first kappa shape index (κ1) is 66.7. The number of methoxy groups -OCH3 is 3. The van der Waals surface area contributed by atoms with Gasteiger partial charge in [0.25, 0.3) is 0 Å². The van der Waals surface area contributed by atoms with Gasteiger partial charge in [-0.2, -0.15) is 0 Å². The first-order valence-electron chi connectivity index (χ1n) is 25.2. The van der Waals surface area contributed by atoms with Gasteiger partial charge in [-0.15, -0.1) is 0 Å². The highest BCUT2D eigenvalue weighted by Crippen LogP contribution is 2.39. The molecule has 0 N–H and O–H groups in total. The third-order valence-electron chi connectivity index (χ3n) is 14.3. The molecule has 0 bridgehead atoms. The predicted octanol–water partition coefficient (Wildman–Crippen LogP) is 6.09. The number of carbonyl (C=O) groups is 12. The molecule has 448 valence electrons. The summed E-state index contributed by atoms with van der Waals surface area (Å²) in [5.41, 5.74) is 2.17. The van der Waals surface area contributed by atoms with Crippen molar-refractivity contribution in [3.63, 3.8) is 0 Å². The lowest BCUT2D eigenvalue weighted by atomic mass is 9.79. The molecule has 20 nitrogen and oxygen atoms in total. The van der Waals surface area contributed by atoms with Crippen LogP contribution in [0, 0.1) is 46.9 Å². The van der Waals surface area contributed by atoms with Gasteiger partial charge in [0.15, 0.2) is 0 Å². The summed E-state index contributed by atoms with van der Waals surface area (Å²) in [4.78, 5) is 148. The fourth-order valence-corrected chi connectivity index (χ4v) is 9.71. The standard InChI is InChI=1S/C15H13Cl3FNO4.3C14H14FNO4/c1-20-11(21)6-10(8-2-4-9(19)5-3-8)12(13(20)22)14(23)24-7-15(16,17)18;3*1-16-11(17)7-10(8-3-5-9(15)6-4-8)12(13(16)18)14(19)20-2/h2-5,10,12H,6-7H2,1H3;3*3-6,10,12H,7H2,1-2H3. The summed E-state index contributed by atoms with van der Waals surface area (Å²) in [6.45, 7) is -0.534. The molecule has 0 saturated carbocycles. The quantitative estimate of drug-likeness (QED) is 0.0459. The Labute approximate surface area is 493 Å². The van der Waals surface area contributed by atoms with Crippen LogP contribution in [0.4, 0.5) is 17.6 Å². The molecule has 0 spiro atoms. The lowest BCUT2D eigenvalue weighted by Crippen LogP contribution is -2.49. The minimum atomic E-state index is -1.82. The molecule has 4 aromatic rings. The smallest absolute Gasteiger partial charge is 0.319 e. The average Bonchev–Trinajstić information content (AvgIpc) is 2.40. The zero-order valence-corrected chi connectivity index (χ0v) is 48.1. The molecule has 8 amide bonds. The fourth-order valence-electron chi connectivity index (χ4n) is 9.55. The number of rotatable bonds is 9. The number of amides is 8. The zero-order chi connectivity index (χ0) is 62.7. The molecule has 8 atom stereocenters. The molecule has 0 aliphatic carbocycles. The molecule has 8 rings (SSSR count). The van der Waals surface area contributed by atoms with Crippen molar-refractivity contribution < 1.29 is 94.0 Å². The zero-order valence-electron chi connectivity index (χ0n) is 45.9. The molecular weight excluding hydrogens is 1180 g/mol. The molecule has 8 unspecified atom stereocenters. The van der Waals surface area contributed by atoms with Crippen LogP contribution in [-0.2, 0) is 76.5 Å². The molecule has 0 radical (unpaired) electrons. The third-order valence-corrected chi connectivity index (χ3v) is 14.6. The van der Waals surface area contributed by atoms with Gasteiger partial charge >= 0.3 is 23.9 Å². The van der Waals surface area contributed by atoms with Crippen molar-refractivity contribution in [3.8, 4) is 0 Å². The number of piperidine rings is 4. The molecule has 0 aromatic heterocycles. The molecule has 4 saturated heterocycles. The van der Waals surface area contributed by atoms with Gasteiger partial charge in [0, 0.05) is 77.5 Å².